The van der Waals surface area contributed by atoms with Gasteiger partial charge in [0.2, 0.25) is 0 Å². The van der Waals surface area contributed by atoms with E-state index >= 15 is 0 Å². The van der Waals surface area contributed by atoms with E-state index < -0.39 is 0 Å². The Hall–Kier alpha value is -0.120. The second-order valence-electron chi connectivity index (χ2n) is 3.87. The molecule has 0 aliphatic carbocycles. The summed E-state index contributed by atoms with van der Waals surface area (Å²) >= 11 is 0. The summed E-state index contributed by atoms with van der Waals surface area (Å²) < 4.78 is 10.8. The van der Waals surface area contributed by atoms with Crippen molar-refractivity contribution in [2.45, 2.75) is 38.8 Å². The molecule has 3 nitrogen and oxygen atoms in total. The summed E-state index contributed by atoms with van der Waals surface area (Å²) in [5.74, 6) is 0.544. The Bertz CT molecular complexity index is 135. The number of nitrogens with two attached hydrogens (primary N) is 1. The van der Waals surface area contributed by atoms with Gasteiger partial charge < -0.3 is 15.2 Å². The lowest BCUT2D eigenvalue weighted by molar-refractivity contribution is 0.0281. The molecule has 0 radical (unpaired) electrons. The van der Waals surface area contributed by atoms with Gasteiger partial charge >= 0.3 is 0 Å². The normalized spacial score (nSPS) is 27.5. The van der Waals surface area contributed by atoms with E-state index in [1.165, 1.54) is 0 Å². The van der Waals surface area contributed by atoms with Crippen molar-refractivity contribution in [1.82, 2.24) is 0 Å². The molecule has 0 saturated carbocycles. The Labute approximate surface area is 80.6 Å². The fourth-order valence-electron chi connectivity index (χ4n) is 1.36. The fourth-order valence-corrected chi connectivity index (χ4v) is 1.36. The molecule has 78 valence electrons. The summed E-state index contributed by atoms with van der Waals surface area (Å²) in [6, 6.07) is 0.172. The van der Waals surface area contributed by atoms with Crippen LogP contribution in [0.3, 0.4) is 0 Å². The highest BCUT2D eigenvalue weighted by Gasteiger charge is 2.18. The molecule has 3 atom stereocenters. The van der Waals surface area contributed by atoms with Gasteiger partial charge in [-0.05, 0) is 12.3 Å². The Morgan fingerprint density at radius 2 is 2.38 bits per heavy atom. The van der Waals surface area contributed by atoms with Crippen molar-refractivity contribution < 1.29 is 9.47 Å². The minimum absolute atomic E-state index is 0.172. The van der Waals surface area contributed by atoms with Crippen molar-refractivity contribution in [3.8, 4) is 0 Å². The maximum absolute atomic E-state index is 5.94. The third kappa shape index (κ3) is 3.63. The van der Waals surface area contributed by atoms with E-state index in [2.05, 4.69) is 13.8 Å². The monoisotopic (exact) mass is 187 g/mol. The van der Waals surface area contributed by atoms with Gasteiger partial charge in [0.1, 0.15) is 0 Å². The van der Waals surface area contributed by atoms with Crippen LogP contribution in [0.15, 0.2) is 0 Å². The lowest BCUT2D eigenvalue weighted by atomic mass is 10.0. The van der Waals surface area contributed by atoms with E-state index in [0.29, 0.717) is 12.5 Å². The third-order valence-electron chi connectivity index (χ3n) is 2.79. The van der Waals surface area contributed by atoms with Gasteiger partial charge in [-0.15, -0.1) is 0 Å². The summed E-state index contributed by atoms with van der Waals surface area (Å²) in [7, 11) is 0. The first-order valence-corrected chi connectivity index (χ1v) is 5.19. The maximum Gasteiger partial charge on any atom is 0.0831 e. The lowest BCUT2D eigenvalue weighted by Crippen LogP contribution is -2.34. The van der Waals surface area contributed by atoms with Gasteiger partial charge in [0.25, 0.3) is 0 Å². The van der Waals surface area contributed by atoms with Crippen LogP contribution in [0, 0.1) is 5.92 Å². The first-order chi connectivity index (χ1) is 6.24. The summed E-state index contributed by atoms with van der Waals surface area (Å²) in [5, 5.41) is 0. The molecule has 1 saturated heterocycles. The van der Waals surface area contributed by atoms with Gasteiger partial charge in [-0.25, -0.2) is 0 Å². The summed E-state index contributed by atoms with van der Waals surface area (Å²) in [6.07, 6.45) is 2.42. The molecule has 3 unspecified atom stereocenters. The van der Waals surface area contributed by atoms with Gasteiger partial charge in [0, 0.05) is 12.6 Å². The van der Waals surface area contributed by atoms with Gasteiger partial charge in [-0.2, -0.15) is 0 Å². The smallest absolute Gasteiger partial charge is 0.0831 e. The maximum atomic E-state index is 5.94. The zero-order valence-electron chi connectivity index (χ0n) is 8.66. The SMILES string of the molecule is CCC(C)C(N)COC1CCOC1. The molecule has 13 heavy (non-hydrogen) atoms. The van der Waals surface area contributed by atoms with Gasteiger partial charge in [0.05, 0.1) is 19.3 Å². The number of ether oxygens (including phenoxy) is 2. The highest BCUT2D eigenvalue weighted by molar-refractivity contribution is 4.70. The second kappa shape index (κ2) is 5.58. The Morgan fingerprint density at radius 1 is 1.62 bits per heavy atom. The first-order valence-electron chi connectivity index (χ1n) is 5.19. The van der Waals surface area contributed by atoms with E-state index in [9.17, 15) is 0 Å². The number of hydrogen-bond donors (Lipinski definition) is 1. The molecule has 1 heterocycles. The van der Waals surface area contributed by atoms with Crippen LogP contribution < -0.4 is 5.73 Å². The van der Waals surface area contributed by atoms with E-state index in [0.717, 1.165) is 26.1 Å². The molecular weight excluding hydrogens is 166 g/mol. The summed E-state index contributed by atoms with van der Waals surface area (Å²) in [4.78, 5) is 0. The van der Waals surface area contributed by atoms with Crippen molar-refractivity contribution in [3.05, 3.63) is 0 Å². The van der Waals surface area contributed by atoms with Crippen LogP contribution >= 0.6 is 0 Å². The highest BCUT2D eigenvalue weighted by atomic mass is 16.5. The predicted molar refractivity (Wildman–Crippen MR) is 52.6 cm³/mol. The zero-order chi connectivity index (χ0) is 9.68. The second-order valence-corrected chi connectivity index (χ2v) is 3.87. The first kappa shape index (κ1) is 11.0. The Balaban J connectivity index is 2.10. The Kier molecular flexibility index (Phi) is 4.70. The van der Waals surface area contributed by atoms with E-state index in [1.807, 2.05) is 0 Å². The lowest BCUT2D eigenvalue weighted by Gasteiger charge is -2.20. The minimum atomic E-state index is 0.172. The molecule has 0 aromatic carbocycles. The minimum Gasteiger partial charge on any atom is -0.379 e. The van der Waals surface area contributed by atoms with E-state index in [1.54, 1.807) is 0 Å². The highest BCUT2D eigenvalue weighted by Crippen LogP contribution is 2.11. The number of rotatable bonds is 5. The molecule has 0 bridgehead atoms. The summed E-state index contributed by atoms with van der Waals surface area (Å²) in [6.45, 7) is 6.57. The van der Waals surface area contributed by atoms with Crippen molar-refractivity contribution in [1.29, 1.82) is 0 Å². The standard InChI is InChI=1S/C10H21NO2/c1-3-8(2)10(11)7-13-9-4-5-12-6-9/h8-10H,3-7,11H2,1-2H3. The van der Waals surface area contributed by atoms with Crippen molar-refractivity contribution in [2.75, 3.05) is 19.8 Å². The van der Waals surface area contributed by atoms with E-state index in [-0.39, 0.29) is 12.1 Å². The van der Waals surface area contributed by atoms with Crippen molar-refractivity contribution in [3.63, 3.8) is 0 Å². The van der Waals surface area contributed by atoms with Gasteiger partial charge in [-0.1, -0.05) is 20.3 Å². The van der Waals surface area contributed by atoms with Crippen LogP contribution in [0.1, 0.15) is 26.7 Å². The molecule has 1 fully saturated rings. The average molecular weight is 187 g/mol. The molecule has 0 aromatic heterocycles. The van der Waals surface area contributed by atoms with Crippen molar-refractivity contribution in [2.24, 2.45) is 11.7 Å². The van der Waals surface area contributed by atoms with Crippen molar-refractivity contribution >= 4 is 0 Å². The van der Waals surface area contributed by atoms with Gasteiger partial charge in [0.15, 0.2) is 0 Å². The van der Waals surface area contributed by atoms with Crippen LogP contribution in [0.5, 0.6) is 0 Å². The van der Waals surface area contributed by atoms with E-state index in [4.69, 9.17) is 15.2 Å². The van der Waals surface area contributed by atoms with Crippen LogP contribution in [0.2, 0.25) is 0 Å². The molecule has 1 aliphatic heterocycles. The topological polar surface area (TPSA) is 44.5 Å². The molecule has 0 spiro atoms. The Morgan fingerprint density at radius 3 is 2.92 bits per heavy atom. The largest absolute Gasteiger partial charge is 0.379 e. The molecular formula is C10H21NO2. The third-order valence-corrected chi connectivity index (χ3v) is 2.79. The molecule has 3 heteroatoms. The van der Waals surface area contributed by atoms with Gasteiger partial charge in [-0.3, -0.25) is 0 Å². The molecule has 1 rings (SSSR count). The quantitative estimate of drug-likeness (QED) is 0.702. The predicted octanol–water partition coefficient (Wildman–Crippen LogP) is 1.17. The molecule has 2 N–H and O–H groups in total. The van der Waals surface area contributed by atoms with Crippen LogP contribution in [-0.2, 0) is 9.47 Å². The molecule has 1 aliphatic rings. The molecule has 0 aromatic rings. The molecule has 0 amide bonds. The van der Waals surface area contributed by atoms with Crippen LogP contribution in [-0.4, -0.2) is 32.0 Å². The number of hydrogen-bond acceptors (Lipinski definition) is 3. The van der Waals surface area contributed by atoms with Crippen LogP contribution in [0.25, 0.3) is 0 Å². The van der Waals surface area contributed by atoms with Crippen LogP contribution in [0.4, 0.5) is 0 Å². The zero-order valence-corrected chi connectivity index (χ0v) is 8.66. The summed E-state index contributed by atoms with van der Waals surface area (Å²) in [5.41, 5.74) is 5.94. The average Bonchev–Trinajstić information content (AvgIpc) is 2.65. The fraction of sp³-hybridized carbons (Fsp3) is 1.00.